The van der Waals surface area contributed by atoms with Gasteiger partial charge in [-0.15, -0.1) is 0 Å². The minimum absolute atomic E-state index is 0.177. The highest BCUT2D eigenvalue weighted by atomic mass is 32.2. The molecular weight excluding hydrogens is 425 g/mol. The fourth-order valence-electron chi connectivity index (χ4n) is 3.65. The minimum Gasteiger partial charge on any atom is -0.319 e. The van der Waals surface area contributed by atoms with Gasteiger partial charge in [-0.25, -0.2) is 12.8 Å². The molecule has 4 rings (SSSR count). The van der Waals surface area contributed by atoms with Crippen LogP contribution in [0.3, 0.4) is 0 Å². The fraction of sp³-hybridized carbons (Fsp3) is 0.333. The Morgan fingerprint density at radius 3 is 2.63 bits per heavy atom. The van der Waals surface area contributed by atoms with Crippen molar-refractivity contribution in [2.75, 3.05) is 13.1 Å². The summed E-state index contributed by atoms with van der Waals surface area (Å²) in [6, 6.07) is 10.3. The van der Waals surface area contributed by atoms with Crippen molar-refractivity contribution in [3.63, 3.8) is 0 Å². The Balaban J connectivity index is 1.61. The molecule has 2 aromatic carbocycles. The highest BCUT2D eigenvalue weighted by molar-refractivity contribution is 7.89. The molecule has 0 saturated carbocycles. The number of carbonyl (C=O) groups excluding carboxylic acids is 1. The van der Waals surface area contributed by atoms with Crippen molar-refractivity contribution in [3.05, 3.63) is 58.6 Å². The summed E-state index contributed by atoms with van der Waals surface area (Å²) in [4.78, 5) is 17.4. The molecule has 3 aromatic rings. The van der Waals surface area contributed by atoms with Crippen molar-refractivity contribution >= 4 is 37.5 Å². The number of carbonyl (C=O) groups is 1. The number of thiazole rings is 1. The SMILES string of the molecule is C[C@@H]1CCCN(S(=O)(=O)c2ccc(C(=O)N=c3sc4cc(F)ccc4n3C)cc2)C1. The molecule has 1 aliphatic heterocycles. The lowest BCUT2D eigenvalue weighted by Crippen LogP contribution is -2.39. The van der Waals surface area contributed by atoms with Gasteiger partial charge in [-0.2, -0.15) is 9.30 Å². The van der Waals surface area contributed by atoms with Gasteiger partial charge in [0.1, 0.15) is 5.82 Å². The average Bonchev–Trinajstić information content (AvgIpc) is 3.02. The van der Waals surface area contributed by atoms with Crippen LogP contribution in [0, 0.1) is 11.7 Å². The molecule has 1 fully saturated rings. The van der Waals surface area contributed by atoms with Crippen molar-refractivity contribution in [3.8, 4) is 0 Å². The number of aromatic nitrogens is 1. The third kappa shape index (κ3) is 3.97. The number of sulfonamides is 1. The first-order chi connectivity index (χ1) is 14.3. The second-order valence-corrected chi connectivity index (χ2v) is 10.6. The maximum absolute atomic E-state index is 13.4. The number of amides is 1. The summed E-state index contributed by atoms with van der Waals surface area (Å²) in [5.74, 6) is -0.487. The summed E-state index contributed by atoms with van der Waals surface area (Å²) in [5, 5.41) is 0. The van der Waals surface area contributed by atoms with E-state index >= 15 is 0 Å². The lowest BCUT2D eigenvalue weighted by molar-refractivity contribution is 0.0998. The molecule has 1 saturated heterocycles. The molecule has 1 amide bonds. The molecule has 2 heterocycles. The summed E-state index contributed by atoms with van der Waals surface area (Å²) in [6.45, 7) is 3.08. The Kier molecular flexibility index (Phi) is 5.61. The van der Waals surface area contributed by atoms with E-state index in [1.54, 1.807) is 17.7 Å². The minimum atomic E-state index is -3.57. The van der Waals surface area contributed by atoms with Crippen molar-refractivity contribution in [1.29, 1.82) is 0 Å². The van der Waals surface area contributed by atoms with Crippen LogP contribution in [0.5, 0.6) is 0 Å². The van der Waals surface area contributed by atoms with E-state index in [4.69, 9.17) is 0 Å². The third-order valence-electron chi connectivity index (χ3n) is 5.33. The Morgan fingerprint density at radius 1 is 1.20 bits per heavy atom. The predicted octanol–water partition coefficient (Wildman–Crippen LogP) is 3.54. The van der Waals surface area contributed by atoms with Gasteiger partial charge in [0.2, 0.25) is 10.0 Å². The normalized spacial score (nSPS) is 18.8. The van der Waals surface area contributed by atoms with Gasteiger partial charge in [-0.3, -0.25) is 4.79 Å². The monoisotopic (exact) mass is 447 g/mol. The first-order valence-electron chi connectivity index (χ1n) is 9.70. The summed E-state index contributed by atoms with van der Waals surface area (Å²) >= 11 is 1.22. The van der Waals surface area contributed by atoms with Crippen molar-refractivity contribution in [2.24, 2.45) is 18.0 Å². The Labute approximate surface area is 178 Å². The number of fused-ring (bicyclic) bond motifs is 1. The van der Waals surface area contributed by atoms with E-state index < -0.39 is 15.9 Å². The molecule has 158 valence electrons. The molecule has 1 atom stereocenters. The number of hydrogen-bond donors (Lipinski definition) is 0. The number of nitrogens with zero attached hydrogens (tertiary/aromatic N) is 3. The second kappa shape index (κ2) is 8.05. The van der Waals surface area contributed by atoms with E-state index in [0.717, 1.165) is 18.4 Å². The Bertz CT molecular complexity index is 1280. The fourth-order valence-corrected chi connectivity index (χ4v) is 6.29. The van der Waals surface area contributed by atoms with Crippen LogP contribution in [0.2, 0.25) is 0 Å². The molecule has 1 aromatic heterocycles. The van der Waals surface area contributed by atoms with Crippen LogP contribution in [0.1, 0.15) is 30.1 Å². The number of hydrogen-bond acceptors (Lipinski definition) is 4. The van der Waals surface area contributed by atoms with E-state index in [0.29, 0.717) is 34.1 Å². The first kappa shape index (κ1) is 20.9. The van der Waals surface area contributed by atoms with E-state index in [1.165, 1.54) is 52.0 Å². The van der Waals surface area contributed by atoms with E-state index in [2.05, 4.69) is 4.99 Å². The van der Waals surface area contributed by atoms with Crippen molar-refractivity contribution < 1.29 is 17.6 Å². The van der Waals surface area contributed by atoms with Crippen LogP contribution >= 0.6 is 11.3 Å². The molecule has 0 aliphatic carbocycles. The molecule has 0 unspecified atom stereocenters. The molecule has 6 nitrogen and oxygen atoms in total. The summed E-state index contributed by atoms with van der Waals surface area (Å²) in [5.41, 5.74) is 1.08. The van der Waals surface area contributed by atoms with Crippen LogP contribution in [0.25, 0.3) is 10.2 Å². The van der Waals surface area contributed by atoms with E-state index in [-0.39, 0.29) is 10.7 Å². The van der Waals surface area contributed by atoms with E-state index in [1.807, 2.05) is 6.92 Å². The van der Waals surface area contributed by atoms with Gasteiger partial charge in [-0.05, 0) is 61.2 Å². The van der Waals surface area contributed by atoms with Crippen LogP contribution in [0.15, 0.2) is 52.4 Å². The Morgan fingerprint density at radius 2 is 1.93 bits per heavy atom. The molecule has 9 heteroatoms. The summed E-state index contributed by atoms with van der Waals surface area (Å²) < 4.78 is 43.1. The maximum atomic E-state index is 13.4. The highest BCUT2D eigenvalue weighted by Crippen LogP contribution is 2.24. The lowest BCUT2D eigenvalue weighted by Gasteiger charge is -2.30. The zero-order valence-corrected chi connectivity index (χ0v) is 18.3. The largest absolute Gasteiger partial charge is 0.319 e. The zero-order valence-electron chi connectivity index (χ0n) is 16.7. The van der Waals surface area contributed by atoms with Crippen LogP contribution in [-0.2, 0) is 17.1 Å². The van der Waals surface area contributed by atoms with Crippen molar-refractivity contribution in [1.82, 2.24) is 8.87 Å². The van der Waals surface area contributed by atoms with Gasteiger partial charge in [0.05, 0.1) is 15.1 Å². The lowest BCUT2D eigenvalue weighted by atomic mass is 10.0. The van der Waals surface area contributed by atoms with E-state index in [9.17, 15) is 17.6 Å². The second-order valence-electron chi connectivity index (χ2n) is 7.61. The molecule has 0 N–H and O–H groups in total. The van der Waals surface area contributed by atoms with Gasteiger partial charge >= 0.3 is 0 Å². The summed E-state index contributed by atoms with van der Waals surface area (Å²) in [6.07, 6.45) is 1.88. The predicted molar refractivity (Wildman–Crippen MR) is 114 cm³/mol. The van der Waals surface area contributed by atoms with Crippen LogP contribution < -0.4 is 4.80 Å². The van der Waals surface area contributed by atoms with Gasteiger partial charge in [0.15, 0.2) is 4.80 Å². The molecule has 0 spiro atoms. The van der Waals surface area contributed by atoms with Gasteiger partial charge in [0, 0.05) is 25.7 Å². The molecule has 30 heavy (non-hydrogen) atoms. The topological polar surface area (TPSA) is 71.7 Å². The first-order valence-corrected chi connectivity index (χ1v) is 12.0. The van der Waals surface area contributed by atoms with Crippen LogP contribution in [0.4, 0.5) is 4.39 Å². The van der Waals surface area contributed by atoms with Crippen LogP contribution in [-0.4, -0.2) is 36.3 Å². The quantitative estimate of drug-likeness (QED) is 0.617. The number of rotatable bonds is 3. The zero-order chi connectivity index (χ0) is 21.5. The number of benzene rings is 2. The smallest absolute Gasteiger partial charge is 0.279 e. The number of aryl methyl sites for hydroxylation is 1. The number of piperidine rings is 1. The van der Waals surface area contributed by atoms with Crippen molar-refractivity contribution in [2.45, 2.75) is 24.7 Å². The summed E-state index contributed by atoms with van der Waals surface area (Å²) in [7, 11) is -1.81. The standard InChI is InChI=1S/C21H22FN3O3S2/c1-14-4-3-11-25(13-14)30(27,28)17-8-5-15(6-9-17)20(26)23-21-24(2)18-10-7-16(22)12-19(18)29-21/h5-10,12,14H,3-4,11,13H2,1-2H3/t14-/m1/s1. The molecule has 0 bridgehead atoms. The average molecular weight is 448 g/mol. The Hall–Kier alpha value is -2.36. The highest BCUT2D eigenvalue weighted by Gasteiger charge is 2.28. The maximum Gasteiger partial charge on any atom is 0.279 e. The molecule has 0 radical (unpaired) electrons. The molecular formula is C21H22FN3O3S2. The molecule has 1 aliphatic rings. The number of halogens is 1. The third-order valence-corrected chi connectivity index (χ3v) is 8.30. The van der Waals surface area contributed by atoms with Gasteiger partial charge in [0.25, 0.3) is 5.91 Å². The van der Waals surface area contributed by atoms with Gasteiger partial charge < -0.3 is 4.57 Å². The van der Waals surface area contributed by atoms with Gasteiger partial charge in [-0.1, -0.05) is 18.3 Å².